The molecule has 112 valence electrons. The molecule has 0 fully saturated rings. The van der Waals surface area contributed by atoms with E-state index in [-0.39, 0.29) is 12.4 Å². The largest absolute Gasteiger partial charge is 0.492 e. The van der Waals surface area contributed by atoms with Gasteiger partial charge in [0.2, 0.25) is 10.0 Å². The number of ether oxygens (including phenoxy) is 1. The Morgan fingerprint density at radius 2 is 1.95 bits per heavy atom. The van der Waals surface area contributed by atoms with Crippen molar-refractivity contribution in [2.75, 3.05) is 22.8 Å². The number of hydrogen-bond donors (Lipinski definition) is 2. The summed E-state index contributed by atoms with van der Waals surface area (Å²) in [6, 6.07) is 10.2. The Morgan fingerprint density at radius 3 is 2.62 bits per heavy atom. The third kappa shape index (κ3) is 4.96. The summed E-state index contributed by atoms with van der Waals surface area (Å²) in [7, 11) is -3.49. The van der Waals surface area contributed by atoms with Crippen LogP contribution in [0, 0.1) is 6.92 Å². The molecule has 1 heterocycles. The van der Waals surface area contributed by atoms with Gasteiger partial charge in [-0.1, -0.05) is 0 Å². The molecule has 7 heteroatoms. The van der Waals surface area contributed by atoms with Crippen LogP contribution in [-0.4, -0.2) is 25.8 Å². The zero-order valence-electron chi connectivity index (χ0n) is 11.6. The average molecular weight is 307 g/mol. The molecule has 0 bridgehead atoms. The number of aryl methyl sites for hydroxylation is 1. The molecule has 1 aromatic heterocycles. The number of sulfonamides is 1. The molecule has 3 N–H and O–H groups in total. The molecule has 21 heavy (non-hydrogen) atoms. The molecule has 2 aromatic rings. The fraction of sp³-hybridized carbons (Fsp3) is 0.214. The van der Waals surface area contributed by atoms with Gasteiger partial charge in [-0.15, -0.1) is 0 Å². The number of nitrogen functional groups attached to an aromatic ring is 1. The molecular weight excluding hydrogens is 290 g/mol. The van der Waals surface area contributed by atoms with Gasteiger partial charge in [-0.3, -0.25) is 4.72 Å². The molecule has 0 aliphatic heterocycles. The van der Waals surface area contributed by atoms with Crippen LogP contribution >= 0.6 is 0 Å². The van der Waals surface area contributed by atoms with Gasteiger partial charge >= 0.3 is 0 Å². The topological polar surface area (TPSA) is 94.3 Å². The molecule has 0 atom stereocenters. The van der Waals surface area contributed by atoms with Crippen LogP contribution in [-0.2, 0) is 10.0 Å². The first-order valence-corrected chi connectivity index (χ1v) is 8.01. The van der Waals surface area contributed by atoms with Gasteiger partial charge in [0.1, 0.15) is 23.9 Å². The van der Waals surface area contributed by atoms with Crippen molar-refractivity contribution in [3.8, 4) is 5.75 Å². The lowest BCUT2D eigenvalue weighted by molar-refractivity contribution is 0.341. The molecule has 6 nitrogen and oxygen atoms in total. The fourth-order valence-corrected chi connectivity index (χ4v) is 2.47. The molecule has 2 rings (SSSR count). The maximum Gasteiger partial charge on any atom is 0.237 e. The predicted molar refractivity (Wildman–Crippen MR) is 82.7 cm³/mol. The summed E-state index contributed by atoms with van der Waals surface area (Å²) in [6.07, 6.45) is 1.55. The summed E-state index contributed by atoms with van der Waals surface area (Å²) in [6.45, 7) is 1.91. The van der Waals surface area contributed by atoms with Crippen LogP contribution in [0.2, 0.25) is 0 Å². The van der Waals surface area contributed by atoms with E-state index < -0.39 is 10.0 Å². The van der Waals surface area contributed by atoms with Gasteiger partial charge < -0.3 is 10.5 Å². The second-order valence-corrected chi connectivity index (χ2v) is 6.40. The maximum absolute atomic E-state index is 11.9. The Kier molecular flexibility index (Phi) is 4.64. The number of aromatic nitrogens is 1. The SMILES string of the molecule is Cc1ccnc(NS(=O)(=O)CCOc2ccc(N)cc2)c1. The van der Waals surface area contributed by atoms with Crippen LogP contribution < -0.4 is 15.2 Å². The Hall–Kier alpha value is -2.28. The number of nitrogens with zero attached hydrogens (tertiary/aromatic N) is 1. The smallest absolute Gasteiger partial charge is 0.237 e. The third-order valence-corrected chi connectivity index (χ3v) is 3.90. The number of nitrogens with one attached hydrogen (secondary N) is 1. The van der Waals surface area contributed by atoms with E-state index in [0.717, 1.165) is 5.56 Å². The van der Waals surface area contributed by atoms with Gasteiger partial charge in [-0.2, -0.15) is 0 Å². The van der Waals surface area contributed by atoms with Gasteiger partial charge in [0.05, 0.1) is 0 Å². The van der Waals surface area contributed by atoms with Crippen LogP contribution in [0.4, 0.5) is 11.5 Å². The van der Waals surface area contributed by atoms with Crippen molar-refractivity contribution in [1.82, 2.24) is 4.98 Å². The number of benzene rings is 1. The van der Waals surface area contributed by atoms with E-state index in [9.17, 15) is 8.42 Å². The second-order valence-electron chi connectivity index (χ2n) is 4.56. The Bertz CT molecular complexity index is 700. The van der Waals surface area contributed by atoms with E-state index in [4.69, 9.17) is 10.5 Å². The van der Waals surface area contributed by atoms with E-state index in [1.807, 2.05) is 6.92 Å². The molecule has 0 aliphatic rings. The van der Waals surface area contributed by atoms with Gasteiger partial charge in [-0.25, -0.2) is 13.4 Å². The van der Waals surface area contributed by atoms with Gasteiger partial charge in [0.15, 0.2) is 0 Å². The quantitative estimate of drug-likeness (QED) is 0.793. The molecule has 0 amide bonds. The van der Waals surface area contributed by atoms with Crippen LogP contribution in [0.15, 0.2) is 42.6 Å². The molecule has 0 saturated heterocycles. The highest BCUT2D eigenvalue weighted by Gasteiger charge is 2.11. The van der Waals surface area contributed by atoms with Crippen molar-refractivity contribution in [3.63, 3.8) is 0 Å². The Morgan fingerprint density at radius 1 is 1.24 bits per heavy atom. The van der Waals surface area contributed by atoms with Gasteiger partial charge in [-0.05, 0) is 48.9 Å². The molecule has 0 radical (unpaired) electrons. The lowest BCUT2D eigenvalue weighted by Crippen LogP contribution is -2.21. The number of hydrogen-bond acceptors (Lipinski definition) is 5. The molecule has 0 spiro atoms. The minimum Gasteiger partial charge on any atom is -0.492 e. The summed E-state index contributed by atoms with van der Waals surface area (Å²) in [5.74, 6) is 0.725. The van der Waals surface area contributed by atoms with Crippen molar-refractivity contribution >= 4 is 21.5 Å². The van der Waals surface area contributed by atoms with E-state index in [0.29, 0.717) is 17.3 Å². The van der Waals surface area contributed by atoms with Crippen LogP contribution in [0.3, 0.4) is 0 Å². The molecule has 0 unspecified atom stereocenters. The summed E-state index contributed by atoms with van der Waals surface area (Å²) in [5.41, 5.74) is 7.11. The highest BCUT2D eigenvalue weighted by Crippen LogP contribution is 2.13. The van der Waals surface area contributed by atoms with E-state index in [2.05, 4.69) is 9.71 Å². The lowest BCUT2D eigenvalue weighted by Gasteiger charge is -2.09. The van der Waals surface area contributed by atoms with Crippen molar-refractivity contribution < 1.29 is 13.2 Å². The first kappa shape index (κ1) is 15.1. The van der Waals surface area contributed by atoms with Crippen LogP contribution in [0.5, 0.6) is 5.75 Å². The highest BCUT2D eigenvalue weighted by molar-refractivity contribution is 7.92. The minimum absolute atomic E-state index is 0.0467. The average Bonchev–Trinajstić information content (AvgIpc) is 2.40. The molecule has 1 aromatic carbocycles. The molecule has 0 aliphatic carbocycles. The minimum atomic E-state index is -3.49. The molecular formula is C14H17N3O3S. The van der Waals surface area contributed by atoms with Crippen molar-refractivity contribution in [2.45, 2.75) is 6.92 Å². The predicted octanol–water partition coefficient (Wildman–Crippen LogP) is 1.79. The second kappa shape index (κ2) is 6.45. The summed E-state index contributed by atoms with van der Waals surface area (Å²) in [5, 5.41) is 0. The highest BCUT2D eigenvalue weighted by atomic mass is 32.2. The standard InChI is InChI=1S/C14H17N3O3S/c1-11-6-7-16-14(10-11)17-21(18,19)9-8-20-13-4-2-12(15)3-5-13/h2-7,10H,8-9,15H2,1H3,(H,16,17). The fourth-order valence-electron chi connectivity index (χ4n) is 1.64. The van der Waals surface area contributed by atoms with E-state index in [1.165, 1.54) is 0 Å². The number of rotatable bonds is 6. The summed E-state index contributed by atoms with van der Waals surface area (Å²) >= 11 is 0. The van der Waals surface area contributed by atoms with Crippen molar-refractivity contribution in [1.29, 1.82) is 0 Å². The summed E-state index contributed by atoms with van der Waals surface area (Å²) in [4.78, 5) is 3.96. The van der Waals surface area contributed by atoms with Crippen LogP contribution in [0.25, 0.3) is 0 Å². The molecule has 0 saturated carbocycles. The first-order chi connectivity index (χ1) is 9.94. The Balaban J connectivity index is 1.88. The number of anilines is 2. The summed E-state index contributed by atoms with van der Waals surface area (Å²) < 4.78 is 31.6. The first-order valence-electron chi connectivity index (χ1n) is 6.36. The van der Waals surface area contributed by atoms with Crippen molar-refractivity contribution in [3.05, 3.63) is 48.2 Å². The number of pyridine rings is 1. The number of nitrogens with two attached hydrogens (primary N) is 1. The lowest BCUT2D eigenvalue weighted by atomic mass is 10.3. The van der Waals surface area contributed by atoms with Crippen molar-refractivity contribution in [2.24, 2.45) is 0 Å². The van der Waals surface area contributed by atoms with Gasteiger partial charge in [0, 0.05) is 11.9 Å². The maximum atomic E-state index is 11.9. The van der Waals surface area contributed by atoms with E-state index in [1.54, 1.807) is 42.6 Å². The zero-order chi connectivity index (χ0) is 15.3. The van der Waals surface area contributed by atoms with Gasteiger partial charge in [0.25, 0.3) is 0 Å². The third-order valence-electron chi connectivity index (χ3n) is 2.68. The monoisotopic (exact) mass is 307 g/mol. The normalized spacial score (nSPS) is 11.1. The Labute approximate surface area is 124 Å². The zero-order valence-corrected chi connectivity index (χ0v) is 12.4. The van der Waals surface area contributed by atoms with E-state index >= 15 is 0 Å². The van der Waals surface area contributed by atoms with Crippen LogP contribution in [0.1, 0.15) is 5.56 Å².